The second kappa shape index (κ2) is 6.80. The van der Waals surface area contributed by atoms with Gasteiger partial charge in [-0.1, -0.05) is 42.8 Å². The summed E-state index contributed by atoms with van der Waals surface area (Å²) in [5.41, 5.74) is 2.27. The summed E-state index contributed by atoms with van der Waals surface area (Å²) in [6.45, 7) is 6.41. The highest BCUT2D eigenvalue weighted by Gasteiger charge is 2.21. The Morgan fingerprint density at radius 3 is 2.55 bits per heavy atom. The molecule has 1 atom stereocenters. The largest absolute Gasteiger partial charge is 0.465 e. The number of fused-ring (bicyclic) bond motifs is 1. The monoisotopic (exact) mass is 288 g/mol. The molecule has 0 heterocycles. The van der Waals surface area contributed by atoms with Gasteiger partial charge in [0.1, 0.15) is 5.25 Å². The van der Waals surface area contributed by atoms with Crippen LogP contribution < -0.4 is 0 Å². The molecule has 0 aliphatic carbocycles. The van der Waals surface area contributed by atoms with Crippen molar-refractivity contribution < 1.29 is 9.53 Å². The van der Waals surface area contributed by atoms with Crippen LogP contribution in [0, 0.1) is 6.92 Å². The van der Waals surface area contributed by atoms with Crippen LogP contribution in [0.1, 0.15) is 30.2 Å². The molecule has 0 aliphatic rings. The van der Waals surface area contributed by atoms with E-state index in [1.165, 1.54) is 16.3 Å². The van der Waals surface area contributed by atoms with E-state index in [1.807, 2.05) is 13.0 Å². The lowest BCUT2D eigenvalue weighted by Gasteiger charge is -2.15. The minimum absolute atomic E-state index is 0.147. The number of aryl methyl sites for hydroxylation is 1. The van der Waals surface area contributed by atoms with Gasteiger partial charge in [0.2, 0.25) is 0 Å². The number of benzene rings is 2. The maximum atomic E-state index is 12.1. The molecular formula is C17H20O2S. The molecule has 3 heteroatoms. The van der Waals surface area contributed by atoms with Gasteiger partial charge in [-0.2, -0.15) is 0 Å². The van der Waals surface area contributed by atoms with Crippen LogP contribution in [-0.2, 0) is 9.53 Å². The molecule has 0 radical (unpaired) electrons. The summed E-state index contributed by atoms with van der Waals surface area (Å²) in [6.07, 6.45) is 0. The third-order valence-corrected chi connectivity index (χ3v) is 4.29. The molecule has 106 valence electrons. The van der Waals surface area contributed by atoms with E-state index >= 15 is 0 Å². The van der Waals surface area contributed by atoms with E-state index in [0.29, 0.717) is 6.61 Å². The Balaban J connectivity index is 2.37. The fourth-order valence-electron chi connectivity index (χ4n) is 2.23. The fourth-order valence-corrected chi connectivity index (χ4v) is 3.11. The molecule has 2 nitrogen and oxygen atoms in total. The van der Waals surface area contributed by atoms with E-state index in [2.05, 4.69) is 44.2 Å². The van der Waals surface area contributed by atoms with Gasteiger partial charge in [-0.05, 0) is 42.0 Å². The highest BCUT2D eigenvalue weighted by atomic mass is 32.2. The Bertz CT molecular complexity index is 607. The van der Waals surface area contributed by atoms with Crippen molar-refractivity contribution in [3.8, 4) is 0 Å². The van der Waals surface area contributed by atoms with Crippen LogP contribution in [0.3, 0.4) is 0 Å². The lowest BCUT2D eigenvalue weighted by Crippen LogP contribution is -2.13. The molecule has 0 saturated carbocycles. The van der Waals surface area contributed by atoms with Gasteiger partial charge in [0.25, 0.3) is 0 Å². The van der Waals surface area contributed by atoms with E-state index in [-0.39, 0.29) is 11.2 Å². The average Bonchev–Trinajstić information content (AvgIpc) is 2.44. The number of thioether (sulfide) groups is 1. The van der Waals surface area contributed by atoms with Gasteiger partial charge in [0, 0.05) is 0 Å². The number of hydrogen-bond donors (Lipinski definition) is 0. The SMILES string of the molecule is CCOC(=O)C(SCC)c1ccc2cc(C)ccc2c1. The summed E-state index contributed by atoms with van der Waals surface area (Å²) in [7, 11) is 0. The van der Waals surface area contributed by atoms with Crippen LogP contribution in [0.4, 0.5) is 0 Å². The third kappa shape index (κ3) is 3.34. The first-order valence-corrected chi connectivity index (χ1v) is 7.99. The lowest BCUT2D eigenvalue weighted by molar-refractivity contribution is -0.142. The van der Waals surface area contributed by atoms with Crippen molar-refractivity contribution in [3.63, 3.8) is 0 Å². The summed E-state index contributed by atoms with van der Waals surface area (Å²) in [6, 6.07) is 12.6. The van der Waals surface area contributed by atoms with Crippen LogP contribution >= 0.6 is 11.8 Å². The van der Waals surface area contributed by atoms with Gasteiger partial charge in [0.15, 0.2) is 0 Å². The predicted molar refractivity (Wildman–Crippen MR) is 86.2 cm³/mol. The third-order valence-electron chi connectivity index (χ3n) is 3.16. The van der Waals surface area contributed by atoms with Gasteiger partial charge < -0.3 is 4.74 Å². The number of rotatable bonds is 5. The molecular weight excluding hydrogens is 268 g/mol. The van der Waals surface area contributed by atoms with Gasteiger partial charge in [-0.15, -0.1) is 11.8 Å². The van der Waals surface area contributed by atoms with Crippen molar-refractivity contribution in [2.75, 3.05) is 12.4 Å². The molecule has 0 bridgehead atoms. The Kier molecular flexibility index (Phi) is 5.07. The van der Waals surface area contributed by atoms with Gasteiger partial charge >= 0.3 is 5.97 Å². The van der Waals surface area contributed by atoms with Crippen LogP contribution in [-0.4, -0.2) is 18.3 Å². The average molecular weight is 288 g/mol. The molecule has 0 spiro atoms. The van der Waals surface area contributed by atoms with Crippen molar-refractivity contribution >= 4 is 28.5 Å². The first-order chi connectivity index (χ1) is 9.65. The normalized spacial score (nSPS) is 12.3. The number of carbonyl (C=O) groups is 1. The molecule has 2 rings (SSSR count). The molecule has 20 heavy (non-hydrogen) atoms. The van der Waals surface area contributed by atoms with E-state index in [9.17, 15) is 4.79 Å². The summed E-state index contributed by atoms with van der Waals surface area (Å²) < 4.78 is 5.18. The number of ether oxygens (including phenoxy) is 1. The zero-order valence-electron chi connectivity index (χ0n) is 12.2. The standard InChI is InChI=1S/C17H20O2S/c1-4-19-17(18)16(20-5-2)15-9-8-13-10-12(3)6-7-14(13)11-15/h6-11,16H,4-5H2,1-3H3. The van der Waals surface area contributed by atoms with Gasteiger partial charge in [0.05, 0.1) is 6.61 Å². The van der Waals surface area contributed by atoms with E-state index in [0.717, 1.165) is 11.3 Å². The molecule has 0 fully saturated rings. The minimum atomic E-state index is -0.231. The molecule has 2 aromatic rings. The zero-order valence-corrected chi connectivity index (χ0v) is 13.0. The summed E-state index contributed by atoms with van der Waals surface area (Å²) in [5.74, 6) is 0.737. The predicted octanol–water partition coefficient (Wildman–Crippen LogP) is 4.51. The first-order valence-electron chi connectivity index (χ1n) is 6.94. The van der Waals surface area contributed by atoms with Gasteiger partial charge in [-0.25, -0.2) is 0 Å². The Labute approximate surface area is 124 Å². The summed E-state index contributed by atoms with van der Waals surface area (Å²) >= 11 is 1.61. The van der Waals surface area contributed by atoms with Crippen molar-refractivity contribution in [2.24, 2.45) is 0 Å². The Morgan fingerprint density at radius 2 is 1.85 bits per heavy atom. The Hall–Kier alpha value is -1.48. The van der Waals surface area contributed by atoms with Crippen molar-refractivity contribution in [3.05, 3.63) is 47.5 Å². The highest BCUT2D eigenvalue weighted by Crippen LogP contribution is 2.32. The van der Waals surface area contributed by atoms with E-state index < -0.39 is 0 Å². The smallest absolute Gasteiger partial charge is 0.323 e. The van der Waals surface area contributed by atoms with Crippen molar-refractivity contribution in [1.29, 1.82) is 0 Å². The fraction of sp³-hybridized carbons (Fsp3) is 0.353. The second-order valence-electron chi connectivity index (χ2n) is 4.70. The molecule has 0 amide bonds. The van der Waals surface area contributed by atoms with Crippen LogP contribution in [0.25, 0.3) is 10.8 Å². The lowest BCUT2D eigenvalue weighted by atomic mass is 10.0. The number of esters is 1. The van der Waals surface area contributed by atoms with Gasteiger partial charge in [-0.3, -0.25) is 4.79 Å². The molecule has 2 aromatic carbocycles. The quantitative estimate of drug-likeness (QED) is 0.757. The maximum absolute atomic E-state index is 12.1. The van der Waals surface area contributed by atoms with Crippen molar-refractivity contribution in [1.82, 2.24) is 0 Å². The second-order valence-corrected chi connectivity index (χ2v) is 6.08. The minimum Gasteiger partial charge on any atom is -0.465 e. The van der Waals surface area contributed by atoms with Crippen molar-refractivity contribution in [2.45, 2.75) is 26.0 Å². The first kappa shape index (κ1) is 14.9. The summed E-state index contributed by atoms with van der Waals surface area (Å²) in [4.78, 5) is 12.1. The zero-order chi connectivity index (χ0) is 14.5. The van der Waals surface area contributed by atoms with E-state index in [1.54, 1.807) is 11.8 Å². The maximum Gasteiger partial charge on any atom is 0.323 e. The molecule has 1 unspecified atom stereocenters. The Morgan fingerprint density at radius 1 is 1.15 bits per heavy atom. The van der Waals surface area contributed by atoms with Crippen LogP contribution in [0.15, 0.2) is 36.4 Å². The highest BCUT2D eigenvalue weighted by molar-refractivity contribution is 8.00. The summed E-state index contributed by atoms with van der Waals surface area (Å²) in [5, 5.41) is 2.14. The topological polar surface area (TPSA) is 26.3 Å². The van der Waals surface area contributed by atoms with Crippen LogP contribution in [0.5, 0.6) is 0 Å². The number of hydrogen-bond acceptors (Lipinski definition) is 3. The number of carbonyl (C=O) groups excluding carboxylic acids is 1. The molecule has 0 aliphatic heterocycles. The molecule has 0 saturated heterocycles. The molecule has 0 N–H and O–H groups in total. The molecule has 0 aromatic heterocycles. The van der Waals surface area contributed by atoms with E-state index in [4.69, 9.17) is 4.74 Å². The van der Waals surface area contributed by atoms with Crippen LogP contribution in [0.2, 0.25) is 0 Å².